The van der Waals surface area contributed by atoms with E-state index in [2.05, 4.69) is 0 Å². The van der Waals surface area contributed by atoms with Gasteiger partial charge in [-0.15, -0.1) is 0 Å². The van der Waals surface area contributed by atoms with Gasteiger partial charge in [0.2, 0.25) is 5.60 Å². The quantitative estimate of drug-likeness (QED) is 0.895. The van der Waals surface area contributed by atoms with Crippen LogP contribution in [0.3, 0.4) is 0 Å². The number of carboxylic acid groups (broad SMARTS) is 1. The van der Waals surface area contributed by atoms with Crippen molar-refractivity contribution >= 4 is 23.6 Å². The largest absolute Gasteiger partial charge is 0.497 e. The topological polar surface area (TPSA) is 79.3 Å². The van der Waals surface area contributed by atoms with Crippen LogP contribution in [-0.4, -0.2) is 66.8 Å². The minimum Gasteiger partial charge on any atom is -0.497 e. The van der Waals surface area contributed by atoms with Crippen LogP contribution in [0, 0.1) is 0 Å². The number of nitrogens with zero attached hydrogens (tertiary/aromatic N) is 2. The van der Waals surface area contributed by atoms with E-state index in [1.54, 1.807) is 37.2 Å². The summed E-state index contributed by atoms with van der Waals surface area (Å²) >= 11 is 6.15. The number of ether oxygens (including phenoxy) is 2. The molecule has 1 aromatic carbocycles. The summed E-state index contributed by atoms with van der Waals surface area (Å²) in [6, 6.07) is 4.67. The first-order valence-corrected chi connectivity index (χ1v) is 7.89. The number of piperidine rings is 1. The first-order valence-electron chi connectivity index (χ1n) is 7.51. The van der Waals surface area contributed by atoms with Crippen LogP contribution in [-0.2, 0) is 4.79 Å². The highest BCUT2D eigenvalue weighted by Gasteiger charge is 2.45. The molecule has 1 aromatic rings. The van der Waals surface area contributed by atoms with Crippen LogP contribution in [0.4, 0.5) is 4.79 Å². The van der Waals surface area contributed by atoms with Crippen molar-refractivity contribution in [3.05, 3.63) is 23.2 Å². The molecule has 24 heavy (non-hydrogen) atoms. The third-order valence-electron chi connectivity index (χ3n) is 4.06. The van der Waals surface area contributed by atoms with Crippen molar-refractivity contribution < 1.29 is 24.2 Å². The normalized spacial score (nSPS) is 16.4. The lowest BCUT2D eigenvalue weighted by Gasteiger charge is -2.39. The summed E-state index contributed by atoms with van der Waals surface area (Å²) in [6.45, 7) is 0.605. The van der Waals surface area contributed by atoms with E-state index < -0.39 is 11.6 Å². The van der Waals surface area contributed by atoms with Gasteiger partial charge in [-0.25, -0.2) is 9.59 Å². The van der Waals surface area contributed by atoms with Crippen LogP contribution in [0.5, 0.6) is 11.5 Å². The van der Waals surface area contributed by atoms with Crippen LogP contribution in [0.1, 0.15) is 12.8 Å². The Morgan fingerprint density at radius 3 is 2.38 bits per heavy atom. The first-order chi connectivity index (χ1) is 11.3. The molecular formula is C16H21ClN2O5. The number of aliphatic carboxylic acids is 1. The van der Waals surface area contributed by atoms with Crippen LogP contribution >= 0.6 is 11.6 Å². The minimum atomic E-state index is -1.40. The van der Waals surface area contributed by atoms with E-state index in [1.807, 2.05) is 0 Å². The van der Waals surface area contributed by atoms with Gasteiger partial charge in [-0.3, -0.25) is 0 Å². The summed E-state index contributed by atoms with van der Waals surface area (Å²) in [6.07, 6.45) is 0.370. The van der Waals surface area contributed by atoms with Gasteiger partial charge in [0.15, 0.2) is 0 Å². The van der Waals surface area contributed by atoms with E-state index in [0.717, 1.165) is 0 Å². The number of amides is 2. The molecule has 0 aliphatic carbocycles. The Balaban J connectivity index is 2.16. The zero-order valence-electron chi connectivity index (χ0n) is 13.9. The van der Waals surface area contributed by atoms with Gasteiger partial charge in [0.1, 0.15) is 11.5 Å². The van der Waals surface area contributed by atoms with Gasteiger partial charge < -0.3 is 24.4 Å². The van der Waals surface area contributed by atoms with Crippen molar-refractivity contribution in [2.24, 2.45) is 0 Å². The number of halogens is 1. The first kappa shape index (κ1) is 18.2. The highest BCUT2D eigenvalue weighted by atomic mass is 35.5. The molecular weight excluding hydrogens is 336 g/mol. The monoisotopic (exact) mass is 356 g/mol. The van der Waals surface area contributed by atoms with Crippen molar-refractivity contribution in [2.75, 3.05) is 34.3 Å². The highest BCUT2D eigenvalue weighted by molar-refractivity contribution is 6.32. The van der Waals surface area contributed by atoms with Crippen LogP contribution in [0.15, 0.2) is 18.2 Å². The molecule has 0 saturated carbocycles. The number of carbonyl (C=O) groups is 2. The molecule has 1 aliphatic heterocycles. The predicted molar refractivity (Wildman–Crippen MR) is 88.9 cm³/mol. The third kappa shape index (κ3) is 3.67. The molecule has 2 rings (SSSR count). The van der Waals surface area contributed by atoms with Crippen molar-refractivity contribution in [3.8, 4) is 11.5 Å². The van der Waals surface area contributed by atoms with E-state index >= 15 is 0 Å². The molecule has 0 unspecified atom stereocenters. The molecule has 1 fully saturated rings. The van der Waals surface area contributed by atoms with Gasteiger partial charge in [0.25, 0.3) is 0 Å². The lowest BCUT2D eigenvalue weighted by molar-refractivity contribution is -0.159. The van der Waals surface area contributed by atoms with Gasteiger partial charge in [0, 0.05) is 46.1 Å². The van der Waals surface area contributed by atoms with Gasteiger partial charge in [-0.2, -0.15) is 0 Å². The molecule has 2 amide bonds. The fourth-order valence-electron chi connectivity index (χ4n) is 2.60. The van der Waals surface area contributed by atoms with Gasteiger partial charge in [-0.05, 0) is 12.1 Å². The number of hydrogen-bond acceptors (Lipinski definition) is 4. The zero-order chi connectivity index (χ0) is 17.9. The molecule has 1 heterocycles. The fourth-order valence-corrected chi connectivity index (χ4v) is 2.81. The standard InChI is InChI=1S/C16H21ClN2O5/c1-18(2)15(22)19-8-6-16(7-9-19,14(20)21)24-13-5-4-11(23-3)10-12(13)17/h4-5,10H,6-9H2,1-3H3,(H,20,21). The molecule has 1 aliphatic rings. The molecule has 0 spiro atoms. The molecule has 0 aromatic heterocycles. The molecule has 1 saturated heterocycles. The number of carboxylic acids is 1. The second kappa shape index (κ2) is 7.17. The smallest absolute Gasteiger partial charge is 0.348 e. The number of rotatable bonds is 4. The number of likely N-dealkylation sites (tertiary alicyclic amines) is 1. The SMILES string of the molecule is COc1ccc(OC2(C(=O)O)CCN(C(=O)N(C)C)CC2)c(Cl)c1. The average Bonchev–Trinajstić information content (AvgIpc) is 2.56. The summed E-state index contributed by atoms with van der Waals surface area (Å²) in [7, 11) is 4.84. The van der Waals surface area contributed by atoms with E-state index in [9.17, 15) is 14.7 Å². The summed E-state index contributed by atoms with van der Waals surface area (Å²) in [5.41, 5.74) is -1.40. The molecule has 0 bridgehead atoms. The Morgan fingerprint density at radius 1 is 1.29 bits per heavy atom. The third-order valence-corrected chi connectivity index (χ3v) is 4.35. The van der Waals surface area contributed by atoms with Crippen molar-refractivity contribution in [1.29, 1.82) is 0 Å². The van der Waals surface area contributed by atoms with E-state index in [1.165, 1.54) is 12.0 Å². The van der Waals surface area contributed by atoms with E-state index in [4.69, 9.17) is 21.1 Å². The summed E-state index contributed by atoms with van der Waals surface area (Å²) < 4.78 is 10.9. The Bertz CT molecular complexity index is 627. The van der Waals surface area contributed by atoms with Crippen LogP contribution < -0.4 is 9.47 Å². The minimum absolute atomic E-state index is 0.142. The second-order valence-electron chi connectivity index (χ2n) is 5.86. The molecule has 1 N–H and O–H groups in total. The Labute approximate surface area is 145 Å². The maximum atomic E-state index is 12.0. The van der Waals surface area contributed by atoms with Crippen LogP contribution in [0.25, 0.3) is 0 Å². The van der Waals surface area contributed by atoms with Crippen molar-refractivity contribution in [1.82, 2.24) is 9.80 Å². The lowest BCUT2D eigenvalue weighted by atomic mass is 9.91. The highest BCUT2D eigenvalue weighted by Crippen LogP contribution is 2.35. The van der Waals surface area contributed by atoms with Crippen molar-refractivity contribution in [2.45, 2.75) is 18.4 Å². The van der Waals surface area contributed by atoms with Crippen molar-refractivity contribution in [3.63, 3.8) is 0 Å². The number of hydrogen-bond donors (Lipinski definition) is 1. The predicted octanol–water partition coefficient (Wildman–Crippen LogP) is 2.33. The molecule has 0 radical (unpaired) electrons. The number of urea groups is 1. The fraction of sp³-hybridized carbons (Fsp3) is 0.500. The molecule has 7 nitrogen and oxygen atoms in total. The number of carbonyl (C=O) groups excluding carboxylic acids is 1. The zero-order valence-corrected chi connectivity index (χ0v) is 14.7. The maximum absolute atomic E-state index is 12.0. The lowest BCUT2D eigenvalue weighted by Crippen LogP contribution is -2.55. The van der Waals surface area contributed by atoms with Gasteiger partial charge in [0.05, 0.1) is 12.1 Å². The average molecular weight is 357 g/mol. The van der Waals surface area contributed by atoms with E-state index in [-0.39, 0.29) is 29.6 Å². The Kier molecular flexibility index (Phi) is 5.43. The van der Waals surface area contributed by atoms with Gasteiger partial charge in [-0.1, -0.05) is 11.6 Å². The summed E-state index contributed by atoms with van der Waals surface area (Å²) in [5, 5.41) is 9.95. The second-order valence-corrected chi connectivity index (χ2v) is 6.27. The summed E-state index contributed by atoms with van der Waals surface area (Å²) in [4.78, 5) is 26.9. The Morgan fingerprint density at radius 2 is 1.92 bits per heavy atom. The van der Waals surface area contributed by atoms with E-state index in [0.29, 0.717) is 18.8 Å². The molecule has 132 valence electrons. The number of methoxy groups -OCH3 is 1. The summed E-state index contributed by atoms with van der Waals surface area (Å²) in [5.74, 6) is -0.221. The Hall–Kier alpha value is -2.15. The van der Waals surface area contributed by atoms with Crippen LogP contribution in [0.2, 0.25) is 5.02 Å². The number of benzene rings is 1. The molecule has 8 heteroatoms. The molecule has 0 atom stereocenters. The van der Waals surface area contributed by atoms with Gasteiger partial charge >= 0.3 is 12.0 Å². The maximum Gasteiger partial charge on any atom is 0.348 e.